The molecule has 0 saturated heterocycles. The van der Waals surface area contributed by atoms with Crippen LogP contribution in [0.25, 0.3) is 0 Å². The van der Waals surface area contributed by atoms with Crippen LogP contribution in [0.5, 0.6) is 0 Å². The van der Waals surface area contributed by atoms with Crippen LogP contribution in [0.4, 0.5) is 4.79 Å². The predicted molar refractivity (Wildman–Crippen MR) is 91.4 cm³/mol. The first-order valence-corrected chi connectivity index (χ1v) is 8.12. The number of carboxylic acid groups (broad SMARTS) is 1. The molecule has 0 aromatic heterocycles. The Morgan fingerprint density at radius 1 is 1.43 bits per heavy atom. The number of hydrogen-bond acceptors (Lipinski definition) is 3. The second kappa shape index (κ2) is 7.44. The number of aliphatic carboxylic acids is 1. The number of nitrogens with one attached hydrogen (secondary N) is 1. The van der Waals surface area contributed by atoms with E-state index in [-0.39, 0.29) is 6.42 Å². The number of alkyl carbamates (subject to hydrolysis) is 1. The van der Waals surface area contributed by atoms with Crippen LogP contribution in [0.15, 0.2) is 22.7 Å². The van der Waals surface area contributed by atoms with Gasteiger partial charge in [-0.05, 0) is 77.0 Å². The highest BCUT2D eigenvalue weighted by Crippen LogP contribution is 2.21. The number of amides is 1. The fraction of sp³-hybridized carbons (Fsp3) is 0.429. The van der Waals surface area contributed by atoms with Gasteiger partial charge < -0.3 is 15.2 Å². The van der Waals surface area contributed by atoms with Gasteiger partial charge in [-0.3, -0.25) is 0 Å². The second-order valence-electron chi connectivity index (χ2n) is 5.49. The van der Waals surface area contributed by atoms with E-state index >= 15 is 0 Å². The number of carboxylic acids is 1. The average Bonchev–Trinajstić information content (AvgIpc) is 2.30. The van der Waals surface area contributed by atoms with Crippen molar-refractivity contribution in [3.05, 3.63) is 31.8 Å². The summed E-state index contributed by atoms with van der Waals surface area (Å²) in [7, 11) is 0. The number of ether oxygens (including phenoxy) is 1. The van der Waals surface area contributed by atoms with Gasteiger partial charge in [0.1, 0.15) is 11.6 Å². The Bertz CT molecular complexity index is 542. The molecule has 0 aliphatic heterocycles. The van der Waals surface area contributed by atoms with Crippen molar-refractivity contribution in [1.82, 2.24) is 5.32 Å². The minimum absolute atomic E-state index is 0.185. The molecule has 0 radical (unpaired) electrons. The molecule has 21 heavy (non-hydrogen) atoms. The third-order valence-electron chi connectivity index (χ3n) is 2.41. The van der Waals surface area contributed by atoms with Gasteiger partial charge in [-0.15, -0.1) is 0 Å². The van der Waals surface area contributed by atoms with E-state index in [1.54, 1.807) is 20.8 Å². The number of carbonyl (C=O) groups is 2. The minimum atomic E-state index is -1.10. The van der Waals surface area contributed by atoms with Crippen molar-refractivity contribution in [1.29, 1.82) is 0 Å². The maximum Gasteiger partial charge on any atom is 0.408 e. The van der Waals surface area contributed by atoms with E-state index in [4.69, 9.17) is 4.74 Å². The smallest absolute Gasteiger partial charge is 0.408 e. The van der Waals surface area contributed by atoms with Gasteiger partial charge in [-0.1, -0.05) is 6.07 Å². The highest BCUT2D eigenvalue weighted by Gasteiger charge is 2.24. The van der Waals surface area contributed by atoms with Crippen LogP contribution in [-0.2, 0) is 16.0 Å². The van der Waals surface area contributed by atoms with Gasteiger partial charge >= 0.3 is 12.1 Å². The van der Waals surface area contributed by atoms with E-state index in [1.807, 2.05) is 18.2 Å². The van der Waals surface area contributed by atoms with Crippen LogP contribution in [0.1, 0.15) is 26.3 Å². The largest absolute Gasteiger partial charge is 0.480 e. The summed E-state index contributed by atoms with van der Waals surface area (Å²) in [6.45, 7) is 5.16. The monoisotopic (exact) mass is 469 g/mol. The standard InChI is InChI=1S/C14H17BrINO4/c1-14(2,3)21-13(20)17-11(12(18)19)7-8-4-5-10(16)9(15)6-8/h4-6,11H,7H2,1-3H3,(H,17,20)(H,18,19)/t11-/m0/s1. The molecule has 0 aliphatic carbocycles. The van der Waals surface area contributed by atoms with E-state index in [2.05, 4.69) is 43.8 Å². The van der Waals surface area contributed by atoms with Gasteiger partial charge in [0, 0.05) is 14.5 Å². The van der Waals surface area contributed by atoms with Crippen LogP contribution >= 0.6 is 38.5 Å². The molecule has 0 saturated carbocycles. The van der Waals surface area contributed by atoms with E-state index < -0.39 is 23.7 Å². The summed E-state index contributed by atoms with van der Waals surface area (Å²) in [5.74, 6) is -1.10. The van der Waals surface area contributed by atoms with Crippen LogP contribution in [0.3, 0.4) is 0 Å². The zero-order valence-electron chi connectivity index (χ0n) is 11.9. The molecule has 0 fully saturated rings. The number of carbonyl (C=O) groups excluding carboxylic acids is 1. The summed E-state index contributed by atoms with van der Waals surface area (Å²) in [5, 5.41) is 11.6. The first-order valence-electron chi connectivity index (χ1n) is 6.25. The second-order valence-corrected chi connectivity index (χ2v) is 7.51. The summed E-state index contributed by atoms with van der Waals surface area (Å²) in [4.78, 5) is 23.0. The molecule has 5 nitrogen and oxygen atoms in total. The van der Waals surface area contributed by atoms with E-state index in [0.29, 0.717) is 0 Å². The first-order chi connectivity index (χ1) is 9.58. The van der Waals surface area contributed by atoms with Crippen molar-refractivity contribution in [2.24, 2.45) is 0 Å². The van der Waals surface area contributed by atoms with Crippen LogP contribution in [0, 0.1) is 3.57 Å². The lowest BCUT2D eigenvalue weighted by Crippen LogP contribution is -2.44. The Morgan fingerprint density at radius 2 is 2.05 bits per heavy atom. The molecule has 116 valence electrons. The first kappa shape index (κ1) is 18.2. The van der Waals surface area contributed by atoms with Gasteiger partial charge in [0.05, 0.1) is 0 Å². The third-order valence-corrected chi connectivity index (χ3v) is 4.75. The number of rotatable bonds is 4. The van der Waals surface area contributed by atoms with Gasteiger partial charge in [0.15, 0.2) is 0 Å². The average molecular weight is 470 g/mol. The topological polar surface area (TPSA) is 75.6 Å². The Hall–Kier alpha value is -0.830. The highest BCUT2D eigenvalue weighted by atomic mass is 127. The van der Waals surface area contributed by atoms with Crippen molar-refractivity contribution >= 4 is 50.6 Å². The Kier molecular flexibility index (Phi) is 6.45. The lowest BCUT2D eigenvalue weighted by molar-refractivity contribution is -0.139. The van der Waals surface area contributed by atoms with Crippen LogP contribution in [-0.4, -0.2) is 28.8 Å². The summed E-state index contributed by atoms with van der Waals surface area (Å²) in [6, 6.07) is 4.52. The molecule has 2 N–H and O–H groups in total. The predicted octanol–water partition coefficient (Wildman–Crippen LogP) is 3.57. The summed E-state index contributed by atoms with van der Waals surface area (Å²) in [5.41, 5.74) is 0.143. The molecular formula is C14H17BrINO4. The molecule has 7 heteroatoms. The summed E-state index contributed by atoms with van der Waals surface area (Å²) < 4.78 is 7.00. The highest BCUT2D eigenvalue weighted by molar-refractivity contribution is 14.1. The maximum absolute atomic E-state index is 11.7. The SMILES string of the molecule is CC(C)(C)OC(=O)N[C@@H](Cc1ccc(I)c(Br)c1)C(=O)O. The number of benzene rings is 1. The van der Waals surface area contributed by atoms with E-state index in [9.17, 15) is 14.7 Å². The number of hydrogen-bond donors (Lipinski definition) is 2. The third kappa shape index (κ3) is 6.64. The normalized spacial score (nSPS) is 12.6. The van der Waals surface area contributed by atoms with Crippen molar-refractivity contribution in [3.63, 3.8) is 0 Å². The lowest BCUT2D eigenvalue weighted by Gasteiger charge is -2.22. The molecule has 0 spiro atoms. The fourth-order valence-electron chi connectivity index (χ4n) is 1.55. The quantitative estimate of drug-likeness (QED) is 0.661. The van der Waals surface area contributed by atoms with Gasteiger partial charge in [0.2, 0.25) is 0 Å². The minimum Gasteiger partial charge on any atom is -0.480 e. The zero-order valence-corrected chi connectivity index (χ0v) is 15.7. The lowest BCUT2D eigenvalue weighted by atomic mass is 10.1. The van der Waals surface area contributed by atoms with Crippen molar-refractivity contribution in [3.8, 4) is 0 Å². The summed E-state index contributed by atoms with van der Waals surface area (Å²) >= 11 is 5.57. The molecule has 0 aliphatic rings. The molecule has 0 heterocycles. The van der Waals surface area contributed by atoms with Crippen molar-refractivity contribution < 1.29 is 19.4 Å². The molecule has 0 unspecified atom stereocenters. The van der Waals surface area contributed by atoms with Crippen LogP contribution in [0.2, 0.25) is 0 Å². The van der Waals surface area contributed by atoms with E-state index in [1.165, 1.54) is 0 Å². The molecule has 1 amide bonds. The molecular weight excluding hydrogens is 453 g/mol. The number of halogens is 2. The van der Waals surface area contributed by atoms with Crippen LogP contribution < -0.4 is 5.32 Å². The Labute approximate surface area is 145 Å². The molecule has 1 aromatic rings. The molecule has 1 atom stereocenters. The maximum atomic E-state index is 11.7. The Balaban J connectivity index is 2.76. The zero-order chi connectivity index (χ0) is 16.2. The van der Waals surface area contributed by atoms with Crippen molar-refractivity contribution in [2.75, 3.05) is 0 Å². The Morgan fingerprint density at radius 3 is 2.52 bits per heavy atom. The van der Waals surface area contributed by atoms with Gasteiger partial charge in [0.25, 0.3) is 0 Å². The fourth-order valence-corrected chi connectivity index (χ4v) is 2.31. The molecule has 0 bridgehead atoms. The molecule has 1 rings (SSSR count). The van der Waals surface area contributed by atoms with Crippen molar-refractivity contribution in [2.45, 2.75) is 38.8 Å². The molecule has 1 aromatic carbocycles. The van der Waals surface area contributed by atoms with Gasteiger partial charge in [-0.25, -0.2) is 9.59 Å². The summed E-state index contributed by atoms with van der Waals surface area (Å²) in [6.07, 6.45) is -0.552. The van der Waals surface area contributed by atoms with Gasteiger partial charge in [-0.2, -0.15) is 0 Å². The van der Waals surface area contributed by atoms with E-state index in [0.717, 1.165) is 13.6 Å².